The van der Waals surface area contributed by atoms with Crippen molar-refractivity contribution in [1.29, 1.82) is 0 Å². The van der Waals surface area contributed by atoms with Crippen LogP contribution < -0.4 is 16.0 Å². The molecule has 12 heteroatoms. The first-order valence-corrected chi connectivity index (χ1v) is 18.3. The second-order valence-electron chi connectivity index (χ2n) is 14.9. The molecule has 288 valence electrons. The average molecular weight is 708 g/mol. The zero-order valence-corrected chi connectivity index (χ0v) is 33.5. The minimum atomic E-state index is -0.956. The summed E-state index contributed by atoms with van der Waals surface area (Å²) in [4.78, 5) is 83.1. The van der Waals surface area contributed by atoms with Gasteiger partial charge in [0.2, 0.25) is 29.5 Å². The normalized spacial score (nSPS) is 15.7. The van der Waals surface area contributed by atoms with E-state index < -0.39 is 54.0 Å². The number of carbonyl (C=O) groups excluding carboxylic acids is 6. The Labute approximate surface area is 302 Å². The van der Waals surface area contributed by atoms with E-state index in [4.69, 9.17) is 4.74 Å². The van der Waals surface area contributed by atoms with Crippen molar-refractivity contribution in [2.24, 2.45) is 23.7 Å². The Kier molecular flexibility index (Phi) is 21.0. The van der Waals surface area contributed by atoms with Crippen LogP contribution in [-0.2, 0) is 33.5 Å². The molecule has 12 nitrogen and oxygen atoms in total. The fraction of sp³-hybridized carbons (Fsp3) is 0.789. The van der Waals surface area contributed by atoms with Gasteiger partial charge in [-0.2, -0.15) is 0 Å². The third kappa shape index (κ3) is 14.2. The van der Waals surface area contributed by atoms with E-state index in [-0.39, 0.29) is 54.1 Å². The first-order valence-electron chi connectivity index (χ1n) is 18.3. The highest BCUT2D eigenvalue weighted by atomic mass is 16.5. The van der Waals surface area contributed by atoms with Crippen molar-refractivity contribution in [2.45, 2.75) is 151 Å². The third-order valence-electron chi connectivity index (χ3n) is 9.36. The Morgan fingerprint density at radius 1 is 0.720 bits per heavy atom. The van der Waals surface area contributed by atoms with E-state index in [2.05, 4.69) is 22.5 Å². The third-order valence-corrected chi connectivity index (χ3v) is 9.36. The first-order chi connectivity index (χ1) is 23.2. The Morgan fingerprint density at radius 3 is 1.70 bits per heavy atom. The summed E-state index contributed by atoms with van der Waals surface area (Å²) < 4.78 is 5.71. The van der Waals surface area contributed by atoms with Gasteiger partial charge in [-0.15, -0.1) is 0 Å². The van der Waals surface area contributed by atoms with E-state index in [1.807, 2.05) is 69.2 Å². The van der Waals surface area contributed by atoms with Crippen LogP contribution in [0.1, 0.15) is 115 Å². The Bertz CT molecular complexity index is 1150. The molecule has 0 radical (unpaired) electrons. The molecule has 0 aliphatic rings. The number of methoxy groups -OCH3 is 1. The van der Waals surface area contributed by atoms with Crippen LogP contribution in [0.15, 0.2) is 12.2 Å². The molecule has 0 aromatic heterocycles. The predicted octanol–water partition coefficient (Wildman–Crippen LogP) is 4.26. The van der Waals surface area contributed by atoms with E-state index in [1.165, 1.54) is 26.0 Å². The SMILES string of the molecule is C=C(C)[C@H](C)[C@@H]([C@@H](CC(C)=O)OC)N(C)C(=O)[C@@H](NC(=O)[C@H](C(C)C)N(C)C(=O)[C@H](CCCC)NC(=O)[C@@H](NC(=O)CCC)C(C)C)C(C)C. The van der Waals surface area contributed by atoms with Crippen LogP contribution in [0.4, 0.5) is 0 Å². The molecule has 0 fully saturated rings. The monoisotopic (exact) mass is 708 g/mol. The summed E-state index contributed by atoms with van der Waals surface area (Å²) in [6.45, 7) is 24.2. The molecule has 0 spiro atoms. The van der Waals surface area contributed by atoms with E-state index in [0.717, 1.165) is 12.0 Å². The van der Waals surface area contributed by atoms with Crippen LogP contribution in [-0.4, -0.2) is 103 Å². The summed E-state index contributed by atoms with van der Waals surface area (Å²) in [6.07, 6.45) is 2.24. The molecular weight excluding hydrogens is 638 g/mol. The molecule has 0 bridgehead atoms. The molecule has 3 N–H and O–H groups in total. The lowest BCUT2D eigenvalue weighted by Crippen LogP contribution is -2.62. The number of Topliss-reactive ketones (excluding diaryl/α,β-unsaturated/α-hetero) is 1. The van der Waals surface area contributed by atoms with Gasteiger partial charge in [0.25, 0.3) is 0 Å². The molecule has 0 aromatic rings. The molecule has 50 heavy (non-hydrogen) atoms. The van der Waals surface area contributed by atoms with Crippen LogP contribution in [0.5, 0.6) is 0 Å². The number of ketones is 1. The molecule has 0 aliphatic heterocycles. The predicted molar refractivity (Wildman–Crippen MR) is 198 cm³/mol. The lowest BCUT2D eigenvalue weighted by atomic mass is 9.87. The maximum absolute atomic E-state index is 14.2. The largest absolute Gasteiger partial charge is 0.379 e. The summed E-state index contributed by atoms with van der Waals surface area (Å²) in [7, 11) is 4.69. The van der Waals surface area contributed by atoms with Crippen molar-refractivity contribution in [3.63, 3.8) is 0 Å². The fourth-order valence-corrected chi connectivity index (χ4v) is 6.19. The van der Waals surface area contributed by atoms with Crippen LogP contribution in [0.25, 0.3) is 0 Å². The standard InChI is InChI=1S/C38H69N5O7/c1-16-18-20-28(39-35(46)31(23(5)6)40-30(45)19-17-2)37(48)42(13)33(25(9)10)36(47)41-32(24(7)8)38(49)43(14)34(27(12)22(3)4)29(50-15)21-26(11)44/h23-25,27-29,31-34H,3,16-21H2,1-2,4-15H3,(H,39,46)(H,40,45)(H,41,47)/t27-,28-,29+,31-,32-,33-,34-/m0/s1. The number of nitrogens with zero attached hydrogens (tertiary/aromatic N) is 2. The molecule has 0 rings (SSSR count). The molecule has 0 saturated carbocycles. The van der Waals surface area contributed by atoms with E-state index in [0.29, 0.717) is 19.3 Å². The quantitative estimate of drug-likeness (QED) is 0.134. The molecule has 0 heterocycles. The number of nitrogens with one attached hydrogen (secondary N) is 3. The fourth-order valence-electron chi connectivity index (χ4n) is 6.19. The number of carbonyl (C=O) groups is 6. The van der Waals surface area contributed by atoms with Crippen LogP contribution in [0.3, 0.4) is 0 Å². The zero-order valence-electron chi connectivity index (χ0n) is 33.5. The van der Waals surface area contributed by atoms with E-state index >= 15 is 0 Å². The lowest BCUT2D eigenvalue weighted by molar-refractivity contribution is -0.147. The summed E-state index contributed by atoms with van der Waals surface area (Å²) >= 11 is 0. The van der Waals surface area contributed by atoms with Gasteiger partial charge in [0.05, 0.1) is 12.1 Å². The van der Waals surface area contributed by atoms with Gasteiger partial charge < -0.3 is 30.5 Å². The average Bonchev–Trinajstić information content (AvgIpc) is 3.02. The molecular formula is C38H69N5O7. The zero-order chi connectivity index (χ0) is 39.0. The van der Waals surface area contributed by atoms with Crippen LogP contribution in [0, 0.1) is 23.7 Å². The topological polar surface area (TPSA) is 154 Å². The number of rotatable bonds is 23. The summed E-state index contributed by atoms with van der Waals surface area (Å²) in [5.74, 6) is -3.14. The van der Waals surface area contributed by atoms with Crippen molar-refractivity contribution in [3.05, 3.63) is 12.2 Å². The molecule has 7 atom stereocenters. The molecule has 0 unspecified atom stereocenters. The molecule has 0 saturated heterocycles. The van der Waals surface area contributed by atoms with Crippen molar-refractivity contribution < 1.29 is 33.5 Å². The minimum Gasteiger partial charge on any atom is -0.379 e. The number of ether oxygens (including phenoxy) is 1. The van der Waals surface area contributed by atoms with Gasteiger partial charge in [-0.25, -0.2) is 0 Å². The van der Waals surface area contributed by atoms with Gasteiger partial charge in [-0.1, -0.05) is 87.3 Å². The molecule has 0 aromatic carbocycles. The number of likely N-dealkylation sites (N-methyl/N-ethyl adjacent to an activating group) is 2. The van der Waals surface area contributed by atoms with Gasteiger partial charge in [0, 0.05) is 34.0 Å². The summed E-state index contributed by atoms with van der Waals surface area (Å²) in [5, 5.41) is 8.60. The summed E-state index contributed by atoms with van der Waals surface area (Å²) in [6, 6.07) is -4.17. The number of unbranched alkanes of at least 4 members (excludes halogenated alkanes) is 1. The molecule has 0 aliphatic carbocycles. The first kappa shape index (κ1) is 46.7. The number of amides is 5. The smallest absolute Gasteiger partial charge is 0.245 e. The summed E-state index contributed by atoms with van der Waals surface area (Å²) in [5.41, 5.74) is 0.818. The Balaban J connectivity index is 6.43. The van der Waals surface area contributed by atoms with Crippen LogP contribution in [0.2, 0.25) is 0 Å². The van der Waals surface area contributed by atoms with E-state index in [1.54, 1.807) is 11.9 Å². The second kappa shape index (κ2) is 22.5. The maximum Gasteiger partial charge on any atom is 0.245 e. The van der Waals surface area contributed by atoms with Crippen molar-refractivity contribution in [1.82, 2.24) is 25.8 Å². The lowest BCUT2D eigenvalue weighted by Gasteiger charge is -2.40. The number of hydrogen-bond acceptors (Lipinski definition) is 7. The molecule has 5 amide bonds. The van der Waals surface area contributed by atoms with Gasteiger partial charge in [-0.05, 0) is 50.4 Å². The maximum atomic E-state index is 14.2. The Hall–Kier alpha value is -3.28. The van der Waals surface area contributed by atoms with Crippen LogP contribution >= 0.6 is 0 Å². The Morgan fingerprint density at radius 2 is 1.28 bits per heavy atom. The number of hydrogen-bond donors (Lipinski definition) is 3. The van der Waals surface area contributed by atoms with E-state index in [9.17, 15) is 28.8 Å². The van der Waals surface area contributed by atoms with Crippen molar-refractivity contribution in [2.75, 3.05) is 21.2 Å². The minimum absolute atomic E-state index is 0.0767. The van der Waals surface area contributed by atoms with Crippen molar-refractivity contribution in [3.8, 4) is 0 Å². The highest BCUT2D eigenvalue weighted by Crippen LogP contribution is 2.26. The highest BCUT2D eigenvalue weighted by molar-refractivity contribution is 5.95. The second-order valence-corrected chi connectivity index (χ2v) is 14.9. The van der Waals surface area contributed by atoms with Gasteiger partial charge in [-0.3, -0.25) is 28.8 Å². The van der Waals surface area contributed by atoms with Gasteiger partial charge >= 0.3 is 0 Å². The van der Waals surface area contributed by atoms with Crippen molar-refractivity contribution >= 4 is 35.3 Å². The van der Waals surface area contributed by atoms with Gasteiger partial charge in [0.15, 0.2) is 0 Å². The van der Waals surface area contributed by atoms with Gasteiger partial charge in [0.1, 0.15) is 30.0 Å². The highest BCUT2D eigenvalue weighted by Gasteiger charge is 2.40.